The van der Waals surface area contributed by atoms with Gasteiger partial charge in [-0.25, -0.2) is 8.78 Å². The molecule has 1 N–H and O–H groups in total. The summed E-state index contributed by atoms with van der Waals surface area (Å²) in [5, 5.41) is 3.16. The minimum atomic E-state index is -0.276. The number of nitrogens with one attached hydrogen (secondary N) is 1. The van der Waals surface area contributed by atoms with Crippen molar-refractivity contribution in [3.8, 4) is 0 Å². The molecule has 0 saturated heterocycles. The van der Waals surface area contributed by atoms with Crippen LogP contribution >= 0.6 is 0 Å². The first-order valence-corrected chi connectivity index (χ1v) is 7.05. The average molecular weight is 290 g/mol. The van der Waals surface area contributed by atoms with Gasteiger partial charge < -0.3 is 10.2 Å². The van der Waals surface area contributed by atoms with Crippen LogP contribution in [0.5, 0.6) is 0 Å². The summed E-state index contributed by atoms with van der Waals surface area (Å²) in [6.07, 6.45) is 0. The number of rotatable bonds is 6. The average Bonchev–Trinajstić information content (AvgIpc) is 2.45. The summed E-state index contributed by atoms with van der Waals surface area (Å²) < 4.78 is 27.3. The highest BCUT2D eigenvalue weighted by Crippen LogP contribution is 2.21. The van der Waals surface area contributed by atoms with Crippen molar-refractivity contribution in [2.75, 3.05) is 18.5 Å². The van der Waals surface area contributed by atoms with Crippen LogP contribution in [0.25, 0.3) is 0 Å². The van der Waals surface area contributed by atoms with Crippen LogP contribution < -0.4 is 10.2 Å². The second kappa shape index (κ2) is 7.18. The van der Waals surface area contributed by atoms with Gasteiger partial charge in [0.25, 0.3) is 0 Å². The molecule has 0 amide bonds. The van der Waals surface area contributed by atoms with E-state index in [1.807, 2.05) is 19.1 Å². The van der Waals surface area contributed by atoms with Crippen LogP contribution in [0, 0.1) is 11.6 Å². The Hall–Kier alpha value is -1.94. The first kappa shape index (κ1) is 15.4. The second-order valence-corrected chi connectivity index (χ2v) is 5.05. The van der Waals surface area contributed by atoms with E-state index in [4.69, 9.17) is 0 Å². The number of halogens is 2. The largest absolute Gasteiger partial charge is 0.368 e. The molecule has 2 aromatic rings. The fraction of sp³-hybridized carbons (Fsp3) is 0.294. The molecule has 0 aromatic heterocycles. The maximum absolute atomic E-state index is 14.2. The monoisotopic (exact) mass is 290 g/mol. The molecule has 0 aliphatic rings. The van der Waals surface area contributed by atoms with Crippen molar-refractivity contribution in [3.05, 3.63) is 65.2 Å². The zero-order valence-electron chi connectivity index (χ0n) is 12.4. The maximum Gasteiger partial charge on any atom is 0.146 e. The lowest BCUT2D eigenvalue weighted by atomic mass is 10.1. The minimum Gasteiger partial charge on any atom is -0.368 e. The van der Waals surface area contributed by atoms with E-state index in [9.17, 15) is 8.78 Å². The predicted octanol–water partition coefficient (Wildman–Crippen LogP) is 3.71. The first-order valence-electron chi connectivity index (χ1n) is 7.05. The lowest BCUT2D eigenvalue weighted by Gasteiger charge is -2.20. The summed E-state index contributed by atoms with van der Waals surface area (Å²) in [6.45, 7) is 3.98. The first-order chi connectivity index (χ1) is 10.1. The molecule has 2 aromatic carbocycles. The van der Waals surface area contributed by atoms with Crippen LogP contribution in [-0.4, -0.2) is 13.6 Å². The molecule has 4 heteroatoms. The minimum absolute atomic E-state index is 0.260. The Labute approximate surface area is 124 Å². The van der Waals surface area contributed by atoms with Crippen molar-refractivity contribution >= 4 is 5.69 Å². The van der Waals surface area contributed by atoms with E-state index in [1.54, 1.807) is 30.1 Å². The Morgan fingerprint density at radius 2 is 1.86 bits per heavy atom. The molecule has 0 bridgehead atoms. The topological polar surface area (TPSA) is 15.3 Å². The molecule has 21 heavy (non-hydrogen) atoms. The number of hydrogen-bond acceptors (Lipinski definition) is 2. The Morgan fingerprint density at radius 1 is 1.05 bits per heavy atom. The van der Waals surface area contributed by atoms with Crippen LogP contribution in [0.4, 0.5) is 14.5 Å². The number of benzene rings is 2. The van der Waals surface area contributed by atoms with Gasteiger partial charge in [-0.15, -0.1) is 0 Å². The van der Waals surface area contributed by atoms with E-state index in [2.05, 4.69) is 5.32 Å². The zero-order valence-corrected chi connectivity index (χ0v) is 12.4. The van der Waals surface area contributed by atoms with E-state index >= 15 is 0 Å². The van der Waals surface area contributed by atoms with Crippen molar-refractivity contribution < 1.29 is 8.78 Å². The molecule has 112 valence electrons. The SMILES string of the molecule is CCNCc1ccc(N(C)Cc2cccc(F)c2)c(F)c1. The molecule has 0 saturated carbocycles. The fourth-order valence-corrected chi connectivity index (χ4v) is 2.23. The fourth-order valence-electron chi connectivity index (χ4n) is 2.23. The second-order valence-electron chi connectivity index (χ2n) is 5.05. The lowest BCUT2D eigenvalue weighted by Crippen LogP contribution is -2.18. The molecule has 0 heterocycles. The van der Waals surface area contributed by atoms with Crippen molar-refractivity contribution in [3.63, 3.8) is 0 Å². The van der Waals surface area contributed by atoms with Gasteiger partial charge in [-0.3, -0.25) is 0 Å². The third-order valence-electron chi connectivity index (χ3n) is 3.31. The smallest absolute Gasteiger partial charge is 0.146 e. The van der Waals surface area contributed by atoms with Crippen LogP contribution in [0.2, 0.25) is 0 Å². The van der Waals surface area contributed by atoms with Gasteiger partial charge in [0.2, 0.25) is 0 Å². The Balaban J connectivity index is 2.10. The molecule has 0 fully saturated rings. The van der Waals surface area contributed by atoms with Crippen molar-refractivity contribution in [2.45, 2.75) is 20.0 Å². The van der Waals surface area contributed by atoms with Gasteiger partial charge in [0, 0.05) is 20.1 Å². The summed E-state index contributed by atoms with van der Waals surface area (Å²) in [6, 6.07) is 11.6. The maximum atomic E-state index is 14.2. The highest BCUT2D eigenvalue weighted by molar-refractivity contribution is 5.49. The van der Waals surface area contributed by atoms with Gasteiger partial charge >= 0.3 is 0 Å². The highest BCUT2D eigenvalue weighted by Gasteiger charge is 2.09. The van der Waals surface area contributed by atoms with Gasteiger partial charge in [-0.05, 0) is 41.9 Å². The molecule has 0 aliphatic heterocycles. The van der Waals surface area contributed by atoms with E-state index in [0.29, 0.717) is 18.8 Å². The van der Waals surface area contributed by atoms with Gasteiger partial charge in [-0.2, -0.15) is 0 Å². The number of nitrogens with zero attached hydrogens (tertiary/aromatic N) is 1. The van der Waals surface area contributed by atoms with Crippen LogP contribution in [0.1, 0.15) is 18.1 Å². The number of hydrogen-bond donors (Lipinski definition) is 1. The summed E-state index contributed by atoms with van der Waals surface area (Å²) in [5.41, 5.74) is 2.24. The molecule has 0 aliphatic carbocycles. The number of anilines is 1. The summed E-state index contributed by atoms with van der Waals surface area (Å²) in [7, 11) is 1.80. The molecule has 2 rings (SSSR count). The third-order valence-corrected chi connectivity index (χ3v) is 3.31. The van der Waals surface area contributed by atoms with E-state index in [1.165, 1.54) is 12.1 Å². The van der Waals surface area contributed by atoms with Crippen LogP contribution in [-0.2, 0) is 13.1 Å². The van der Waals surface area contributed by atoms with Crippen molar-refractivity contribution in [1.82, 2.24) is 5.32 Å². The standard InChI is InChI=1S/C17H20F2N2/c1-3-20-11-13-7-8-17(16(19)10-13)21(2)12-14-5-4-6-15(18)9-14/h4-10,20H,3,11-12H2,1-2H3. The van der Waals surface area contributed by atoms with Crippen molar-refractivity contribution in [1.29, 1.82) is 0 Å². The van der Waals surface area contributed by atoms with E-state index < -0.39 is 0 Å². The highest BCUT2D eigenvalue weighted by atomic mass is 19.1. The van der Waals surface area contributed by atoms with Crippen LogP contribution in [0.3, 0.4) is 0 Å². The normalized spacial score (nSPS) is 10.7. The summed E-state index contributed by atoms with van der Waals surface area (Å²) >= 11 is 0. The van der Waals surface area contributed by atoms with Crippen molar-refractivity contribution in [2.24, 2.45) is 0 Å². The molecule has 0 spiro atoms. The van der Waals surface area contributed by atoms with Gasteiger partial charge in [0.05, 0.1) is 5.69 Å². The molecule has 2 nitrogen and oxygen atoms in total. The molecular formula is C17H20F2N2. The molecular weight excluding hydrogens is 270 g/mol. The summed E-state index contributed by atoms with van der Waals surface area (Å²) in [4.78, 5) is 1.78. The Kier molecular flexibility index (Phi) is 5.28. The van der Waals surface area contributed by atoms with E-state index in [0.717, 1.165) is 17.7 Å². The Morgan fingerprint density at radius 3 is 2.52 bits per heavy atom. The molecule has 0 radical (unpaired) electrons. The summed E-state index contributed by atoms with van der Waals surface area (Å²) in [5.74, 6) is -0.535. The zero-order chi connectivity index (χ0) is 15.2. The van der Waals surface area contributed by atoms with Crippen LogP contribution in [0.15, 0.2) is 42.5 Å². The predicted molar refractivity (Wildman–Crippen MR) is 82.3 cm³/mol. The molecule has 0 unspecified atom stereocenters. The van der Waals surface area contributed by atoms with E-state index in [-0.39, 0.29) is 11.6 Å². The van der Waals surface area contributed by atoms with Gasteiger partial charge in [0.1, 0.15) is 11.6 Å². The van der Waals surface area contributed by atoms with Gasteiger partial charge in [-0.1, -0.05) is 25.1 Å². The lowest BCUT2D eigenvalue weighted by molar-refractivity contribution is 0.615. The quantitative estimate of drug-likeness (QED) is 0.872. The Bertz CT molecular complexity index is 599. The molecule has 0 atom stereocenters. The van der Waals surface area contributed by atoms with Gasteiger partial charge in [0.15, 0.2) is 0 Å². The third kappa shape index (κ3) is 4.26.